The van der Waals surface area contributed by atoms with Gasteiger partial charge in [-0.2, -0.15) is 5.10 Å². The third kappa shape index (κ3) is 5.50. The number of aromatic nitrogens is 3. The lowest BCUT2D eigenvalue weighted by molar-refractivity contribution is 0.177. The van der Waals surface area contributed by atoms with Gasteiger partial charge in [-0.25, -0.2) is 14.3 Å². The van der Waals surface area contributed by atoms with Gasteiger partial charge in [-0.1, -0.05) is 91.0 Å². The maximum absolute atomic E-state index is 13.3. The van der Waals surface area contributed by atoms with Crippen LogP contribution < -0.4 is 11.0 Å². The lowest BCUT2D eigenvalue weighted by atomic mass is 9.95. The summed E-state index contributed by atoms with van der Waals surface area (Å²) in [5.41, 5.74) is 3.07. The third-order valence-electron chi connectivity index (χ3n) is 7.12. The monoisotopic (exact) mass is 495 g/mol. The summed E-state index contributed by atoms with van der Waals surface area (Å²) in [4.78, 5) is 28.2. The van der Waals surface area contributed by atoms with E-state index in [0.717, 1.165) is 35.4 Å². The zero-order chi connectivity index (χ0) is 25.6. The first-order chi connectivity index (χ1) is 18.1. The average Bonchev–Trinajstić information content (AvgIpc) is 3.27. The molecular weight excluding hydrogens is 462 g/mol. The Balaban J connectivity index is 1.27. The fourth-order valence-corrected chi connectivity index (χ4v) is 5.12. The number of benzene rings is 3. The molecule has 2 heterocycles. The molecule has 3 aromatic carbocycles. The Bertz CT molecular complexity index is 1320. The van der Waals surface area contributed by atoms with Crippen molar-refractivity contribution in [3.05, 3.63) is 124 Å². The zero-order valence-corrected chi connectivity index (χ0v) is 21.2. The molecule has 5 rings (SSSR count). The van der Waals surface area contributed by atoms with Gasteiger partial charge in [0.1, 0.15) is 5.82 Å². The van der Waals surface area contributed by atoms with Crippen molar-refractivity contribution in [1.82, 2.24) is 24.6 Å². The molecule has 0 bridgehead atoms. The van der Waals surface area contributed by atoms with Crippen LogP contribution in [0.5, 0.6) is 0 Å². The van der Waals surface area contributed by atoms with Gasteiger partial charge in [0, 0.05) is 25.6 Å². The lowest BCUT2D eigenvalue weighted by Gasteiger charge is -2.33. The van der Waals surface area contributed by atoms with Crippen molar-refractivity contribution in [2.75, 3.05) is 13.1 Å². The maximum atomic E-state index is 13.3. The quantitative estimate of drug-likeness (QED) is 0.401. The number of hydrogen-bond acceptors (Lipinski definition) is 3. The van der Waals surface area contributed by atoms with Crippen molar-refractivity contribution >= 4 is 6.03 Å². The summed E-state index contributed by atoms with van der Waals surface area (Å²) in [5.74, 6) is 0.975. The summed E-state index contributed by atoms with van der Waals surface area (Å²) in [7, 11) is 0. The molecule has 4 aromatic rings. The van der Waals surface area contributed by atoms with Crippen LogP contribution in [-0.2, 0) is 13.1 Å². The number of carbonyl (C=O) groups excluding carboxylic acids is 1. The summed E-state index contributed by atoms with van der Waals surface area (Å²) in [6, 6.07) is 29.7. The number of carbonyl (C=O) groups is 1. The largest absolute Gasteiger partial charge is 0.346 e. The van der Waals surface area contributed by atoms with Gasteiger partial charge < -0.3 is 10.2 Å². The zero-order valence-electron chi connectivity index (χ0n) is 21.2. The summed E-state index contributed by atoms with van der Waals surface area (Å²) in [6.07, 6.45) is 1.55. The molecule has 1 aliphatic heterocycles. The number of rotatable bonds is 7. The van der Waals surface area contributed by atoms with Gasteiger partial charge >= 0.3 is 11.7 Å². The first-order valence-corrected chi connectivity index (χ1v) is 13.0. The van der Waals surface area contributed by atoms with Crippen LogP contribution in [0.15, 0.2) is 95.8 Å². The number of piperidine rings is 1. The number of urea groups is 1. The highest BCUT2D eigenvalue weighted by atomic mass is 16.2. The summed E-state index contributed by atoms with van der Waals surface area (Å²) in [6.45, 7) is 4.27. The predicted molar refractivity (Wildman–Crippen MR) is 145 cm³/mol. The Morgan fingerprint density at radius 3 is 1.97 bits per heavy atom. The van der Waals surface area contributed by atoms with E-state index in [2.05, 4.69) is 5.32 Å². The average molecular weight is 496 g/mol. The molecular formula is C30H33N5O2. The summed E-state index contributed by atoms with van der Waals surface area (Å²) >= 11 is 0. The van der Waals surface area contributed by atoms with Crippen molar-refractivity contribution in [2.24, 2.45) is 0 Å². The van der Waals surface area contributed by atoms with Gasteiger partial charge in [-0.05, 0) is 36.5 Å². The summed E-state index contributed by atoms with van der Waals surface area (Å²) < 4.78 is 3.35. The minimum atomic E-state index is -0.216. The van der Waals surface area contributed by atoms with Crippen LogP contribution in [0.3, 0.4) is 0 Å². The van der Waals surface area contributed by atoms with Crippen molar-refractivity contribution in [3.8, 4) is 0 Å². The highest BCUT2D eigenvalue weighted by Crippen LogP contribution is 2.28. The van der Waals surface area contributed by atoms with Crippen LogP contribution in [0, 0.1) is 0 Å². The molecule has 0 spiro atoms. The highest BCUT2D eigenvalue weighted by Gasteiger charge is 2.29. The van der Waals surface area contributed by atoms with Crippen LogP contribution in [0.1, 0.15) is 54.2 Å². The molecule has 0 aliphatic carbocycles. The normalized spacial score (nSPS) is 14.2. The van der Waals surface area contributed by atoms with Crippen molar-refractivity contribution in [3.63, 3.8) is 0 Å². The Hall–Kier alpha value is -4.13. The SMILES string of the molecule is CCn1c(C2CCN(C(=O)NC(c3ccccc3)c3ccccc3)CC2)nn(Cc2ccccc2)c1=O. The fraction of sp³-hybridized carbons (Fsp3) is 0.300. The standard InChI is InChI=1S/C30H33N5O2/c1-2-34-28(32-35(30(34)37)22-23-12-6-3-7-13-23)26-18-20-33(21-19-26)29(36)31-27(24-14-8-4-9-15-24)25-16-10-5-11-17-25/h3-17,26-27H,2,18-22H2,1H3,(H,31,36). The molecule has 1 fully saturated rings. The number of amides is 2. The minimum Gasteiger partial charge on any atom is -0.327 e. The van der Waals surface area contributed by atoms with Crippen LogP contribution >= 0.6 is 0 Å². The van der Waals surface area contributed by atoms with Crippen molar-refractivity contribution in [2.45, 2.75) is 44.8 Å². The Morgan fingerprint density at radius 1 is 0.892 bits per heavy atom. The lowest BCUT2D eigenvalue weighted by Crippen LogP contribution is -2.45. The smallest absolute Gasteiger partial charge is 0.327 e. The van der Waals surface area contributed by atoms with E-state index in [4.69, 9.17) is 5.10 Å². The molecule has 37 heavy (non-hydrogen) atoms. The maximum Gasteiger partial charge on any atom is 0.346 e. The molecule has 0 saturated carbocycles. The second-order valence-electron chi connectivity index (χ2n) is 9.49. The Labute approximate surface area is 217 Å². The van der Waals surface area contributed by atoms with Crippen molar-refractivity contribution < 1.29 is 4.79 Å². The van der Waals surface area contributed by atoms with Gasteiger partial charge in [0.2, 0.25) is 0 Å². The number of nitrogens with zero attached hydrogens (tertiary/aromatic N) is 4. The van der Waals surface area contributed by atoms with E-state index in [0.29, 0.717) is 26.2 Å². The topological polar surface area (TPSA) is 72.2 Å². The molecule has 2 amide bonds. The van der Waals surface area contributed by atoms with Gasteiger partial charge in [-0.3, -0.25) is 4.57 Å². The van der Waals surface area contributed by atoms with Gasteiger partial charge in [0.15, 0.2) is 0 Å². The van der Waals surface area contributed by atoms with Crippen LogP contribution in [0.25, 0.3) is 0 Å². The number of nitrogens with one attached hydrogen (secondary N) is 1. The minimum absolute atomic E-state index is 0.0707. The van der Waals surface area contributed by atoms with E-state index in [9.17, 15) is 9.59 Å². The molecule has 1 N–H and O–H groups in total. The predicted octanol–water partition coefficient (Wildman–Crippen LogP) is 4.79. The highest BCUT2D eigenvalue weighted by molar-refractivity contribution is 5.75. The molecule has 1 aliphatic rings. The first-order valence-electron chi connectivity index (χ1n) is 13.0. The van der Waals surface area contributed by atoms with Crippen LogP contribution in [0.2, 0.25) is 0 Å². The Morgan fingerprint density at radius 2 is 1.43 bits per heavy atom. The number of likely N-dealkylation sites (tertiary alicyclic amines) is 1. The summed E-state index contributed by atoms with van der Waals surface area (Å²) in [5, 5.41) is 7.99. The Kier molecular flexibility index (Phi) is 7.49. The molecule has 1 saturated heterocycles. The van der Waals surface area contributed by atoms with E-state index in [1.807, 2.05) is 103 Å². The molecule has 190 valence electrons. The van der Waals surface area contributed by atoms with Crippen LogP contribution in [0.4, 0.5) is 4.79 Å². The molecule has 0 radical (unpaired) electrons. The molecule has 0 unspecified atom stereocenters. The fourth-order valence-electron chi connectivity index (χ4n) is 5.12. The van der Waals surface area contributed by atoms with Crippen LogP contribution in [-0.4, -0.2) is 38.4 Å². The van der Waals surface area contributed by atoms with Gasteiger partial charge in [-0.15, -0.1) is 0 Å². The second-order valence-corrected chi connectivity index (χ2v) is 9.49. The van der Waals surface area contributed by atoms with E-state index in [1.165, 1.54) is 0 Å². The van der Waals surface area contributed by atoms with Gasteiger partial charge in [0.25, 0.3) is 0 Å². The van der Waals surface area contributed by atoms with E-state index < -0.39 is 0 Å². The van der Waals surface area contributed by atoms with Crippen molar-refractivity contribution in [1.29, 1.82) is 0 Å². The third-order valence-corrected chi connectivity index (χ3v) is 7.12. The number of hydrogen-bond donors (Lipinski definition) is 1. The van der Waals surface area contributed by atoms with E-state index in [-0.39, 0.29) is 23.7 Å². The molecule has 0 atom stereocenters. The second kappa shape index (κ2) is 11.3. The molecule has 7 heteroatoms. The molecule has 7 nitrogen and oxygen atoms in total. The molecule has 1 aromatic heterocycles. The van der Waals surface area contributed by atoms with Gasteiger partial charge in [0.05, 0.1) is 12.6 Å². The first kappa shape index (κ1) is 24.6. The van der Waals surface area contributed by atoms with E-state index in [1.54, 1.807) is 9.25 Å². The van der Waals surface area contributed by atoms with E-state index >= 15 is 0 Å².